The first-order valence-electron chi connectivity index (χ1n) is 7.01. The second-order valence-corrected chi connectivity index (χ2v) is 5.43. The minimum Gasteiger partial charge on any atom is -0.489 e. The molecule has 6 nitrogen and oxygen atoms in total. The smallest absolute Gasteiger partial charge is 0.138 e. The number of rotatable bonds is 5. The van der Waals surface area contributed by atoms with Gasteiger partial charge >= 0.3 is 0 Å². The van der Waals surface area contributed by atoms with Gasteiger partial charge in [0.05, 0.1) is 24.0 Å². The van der Waals surface area contributed by atoms with Crippen molar-refractivity contribution in [2.24, 2.45) is 12.9 Å². The minimum absolute atomic E-state index is 0.105. The van der Waals surface area contributed by atoms with Crippen molar-refractivity contribution >= 4 is 0 Å². The fraction of sp³-hybridized carbons (Fsp3) is 0.467. The first kappa shape index (κ1) is 15.5. The number of nitrogens with two attached hydrogens (primary N) is 1. The zero-order chi connectivity index (χ0) is 15.6. The topological polar surface area (TPSA) is 78.0 Å². The third-order valence-corrected chi connectivity index (χ3v) is 3.46. The zero-order valence-corrected chi connectivity index (χ0v) is 13.2. The maximum atomic E-state index is 5.78. The molecule has 2 rings (SSSR count). The second-order valence-electron chi connectivity index (χ2n) is 5.43. The normalized spacial score (nSPS) is 12.7. The monoisotopic (exact) mass is 289 g/mol. The summed E-state index contributed by atoms with van der Waals surface area (Å²) in [4.78, 5) is 4.25. The van der Waals surface area contributed by atoms with Crippen LogP contribution in [0.2, 0.25) is 0 Å². The van der Waals surface area contributed by atoms with Crippen LogP contribution in [0.15, 0.2) is 18.5 Å². The lowest BCUT2D eigenvalue weighted by atomic mass is 9.99. The summed E-state index contributed by atoms with van der Waals surface area (Å²) in [7, 11) is 1.93. The Balaban J connectivity index is 2.42. The Morgan fingerprint density at radius 2 is 2.00 bits per heavy atom. The van der Waals surface area contributed by atoms with Gasteiger partial charge in [-0.2, -0.15) is 5.10 Å². The van der Waals surface area contributed by atoms with E-state index in [1.807, 2.05) is 45.5 Å². The van der Waals surface area contributed by atoms with E-state index in [4.69, 9.17) is 10.6 Å². The maximum absolute atomic E-state index is 5.78. The molecule has 6 heteroatoms. The number of pyridine rings is 1. The summed E-state index contributed by atoms with van der Waals surface area (Å²) in [6, 6.07) is 1.80. The van der Waals surface area contributed by atoms with E-state index in [1.165, 1.54) is 0 Å². The van der Waals surface area contributed by atoms with Crippen molar-refractivity contribution in [3.8, 4) is 5.75 Å². The van der Waals surface area contributed by atoms with Gasteiger partial charge in [-0.15, -0.1) is 0 Å². The molecule has 0 amide bonds. The summed E-state index contributed by atoms with van der Waals surface area (Å²) < 4.78 is 7.56. The molecule has 3 N–H and O–H groups in total. The molecule has 0 bridgehead atoms. The molecule has 0 fully saturated rings. The van der Waals surface area contributed by atoms with Crippen LogP contribution in [-0.2, 0) is 7.05 Å². The highest BCUT2D eigenvalue weighted by molar-refractivity contribution is 5.38. The van der Waals surface area contributed by atoms with Crippen LogP contribution in [0, 0.1) is 13.8 Å². The predicted molar refractivity (Wildman–Crippen MR) is 81.8 cm³/mol. The lowest BCUT2D eigenvalue weighted by Crippen LogP contribution is -2.29. The van der Waals surface area contributed by atoms with Crippen LogP contribution in [0.4, 0.5) is 0 Å². The first-order valence-corrected chi connectivity index (χ1v) is 7.01. The van der Waals surface area contributed by atoms with Crippen molar-refractivity contribution in [2.75, 3.05) is 0 Å². The molecule has 1 unspecified atom stereocenters. The molecule has 0 radical (unpaired) electrons. The van der Waals surface area contributed by atoms with Gasteiger partial charge < -0.3 is 4.74 Å². The van der Waals surface area contributed by atoms with Gasteiger partial charge in [0.15, 0.2) is 0 Å². The predicted octanol–water partition coefficient (Wildman–Crippen LogP) is 1.77. The van der Waals surface area contributed by atoms with Crippen molar-refractivity contribution in [1.29, 1.82) is 0 Å². The molecule has 0 aliphatic rings. The molecule has 0 aliphatic carbocycles. The number of hydrazine groups is 1. The van der Waals surface area contributed by atoms with Crippen molar-refractivity contribution in [3.63, 3.8) is 0 Å². The van der Waals surface area contributed by atoms with Crippen molar-refractivity contribution in [1.82, 2.24) is 20.2 Å². The molecular formula is C15H23N5O. The van der Waals surface area contributed by atoms with Crippen LogP contribution in [0.25, 0.3) is 0 Å². The van der Waals surface area contributed by atoms with Crippen LogP contribution < -0.4 is 16.0 Å². The number of aryl methyl sites for hydroxylation is 2. The quantitative estimate of drug-likeness (QED) is 0.648. The molecule has 1 atom stereocenters. The zero-order valence-electron chi connectivity index (χ0n) is 13.2. The standard InChI is InChI=1S/C15H23N5O/c1-9(2)21-13-6-12(7-17-8-13)15(18-16)14-10(3)19-20(5)11(14)4/h6-9,15,18H,16H2,1-5H3. The molecule has 0 saturated carbocycles. The Labute approximate surface area is 125 Å². The van der Waals surface area contributed by atoms with E-state index in [2.05, 4.69) is 15.5 Å². The van der Waals surface area contributed by atoms with Gasteiger partial charge in [0.2, 0.25) is 0 Å². The molecule has 0 aliphatic heterocycles. The van der Waals surface area contributed by atoms with Crippen molar-refractivity contribution in [2.45, 2.75) is 39.8 Å². The third kappa shape index (κ3) is 3.22. The summed E-state index contributed by atoms with van der Waals surface area (Å²) in [5.41, 5.74) is 6.91. The summed E-state index contributed by atoms with van der Waals surface area (Å²) >= 11 is 0. The number of nitrogens with one attached hydrogen (secondary N) is 1. The molecule has 2 aromatic heterocycles. The number of hydrogen-bond donors (Lipinski definition) is 2. The van der Waals surface area contributed by atoms with Crippen molar-refractivity contribution in [3.05, 3.63) is 41.0 Å². The van der Waals surface area contributed by atoms with E-state index in [0.29, 0.717) is 0 Å². The summed E-state index contributed by atoms with van der Waals surface area (Å²) in [6.07, 6.45) is 3.61. The van der Waals surface area contributed by atoms with Crippen LogP contribution in [0.1, 0.15) is 42.4 Å². The maximum Gasteiger partial charge on any atom is 0.138 e. The van der Waals surface area contributed by atoms with Gasteiger partial charge in [-0.1, -0.05) is 0 Å². The van der Waals surface area contributed by atoms with Gasteiger partial charge in [0.1, 0.15) is 5.75 Å². The average molecular weight is 289 g/mol. The third-order valence-electron chi connectivity index (χ3n) is 3.46. The Hall–Kier alpha value is -1.92. The summed E-state index contributed by atoms with van der Waals surface area (Å²) in [5.74, 6) is 6.52. The summed E-state index contributed by atoms with van der Waals surface area (Å²) in [5, 5.41) is 4.45. The molecule has 0 saturated heterocycles. The largest absolute Gasteiger partial charge is 0.489 e. The van der Waals surface area contributed by atoms with E-state index in [0.717, 1.165) is 28.3 Å². The van der Waals surface area contributed by atoms with E-state index in [1.54, 1.807) is 12.4 Å². The Kier molecular flexibility index (Phi) is 4.59. The average Bonchev–Trinajstić information content (AvgIpc) is 2.66. The Morgan fingerprint density at radius 1 is 1.29 bits per heavy atom. The first-order chi connectivity index (χ1) is 9.93. The van der Waals surface area contributed by atoms with Crippen LogP contribution in [-0.4, -0.2) is 20.9 Å². The SMILES string of the molecule is Cc1nn(C)c(C)c1C(NN)c1cncc(OC(C)C)c1. The highest BCUT2D eigenvalue weighted by atomic mass is 16.5. The van der Waals surface area contributed by atoms with Crippen LogP contribution in [0.5, 0.6) is 5.75 Å². The van der Waals surface area contributed by atoms with Crippen LogP contribution >= 0.6 is 0 Å². The van der Waals surface area contributed by atoms with E-state index in [9.17, 15) is 0 Å². The fourth-order valence-corrected chi connectivity index (χ4v) is 2.48. The summed E-state index contributed by atoms with van der Waals surface area (Å²) in [6.45, 7) is 7.98. The molecule has 0 spiro atoms. The highest BCUT2D eigenvalue weighted by Crippen LogP contribution is 2.28. The van der Waals surface area contributed by atoms with E-state index < -0.39 is 0 Å². The minimum atomic E-state index is -0.165. The Bertz CT molecular complexity index is 621. The molecule has 114 valence electrons. The second kappa shape index (κ2) is 6.24. The number of nitrogens with zero attached hydrogens (tertiary/aromatic N) is 3. The highest BCUT2D eigenvalue weighted by Gasteiger charge is 2.21. The van der Waals surface area contributed by atoms with Gasteiger partial charge in [-0.25, -0.2) is 5.43 Å². The van der Waals surface area contributed by atoms with E-state index in [-0.39, 0.29) is 12.1 Å². The fourth-order valence-electron chi connectivity index (χ4n) is 2.48. The molecule has 2 heterocycles. The van der Waals surface area contributed by atoms with Gasteiger partial charge in [-0.3, -0.25) is 15.5 Å². The number of aromatic nitrogens is 3. The van der Waals surface area contributed by atoms with E-state index >= 15 is 0 Å². The van der Waals surface area contributed by atoms with Gasteiger partial charge in [0, 0.05) is 24.5 Å². The lowest BCUT2D eigenvalue weighted by molar-refractivity contribution is 0.241. The molecule has 2 aromatic rings. The molecular weight excluding hydrogens is 266 g/mol. The van der Waals surface area contributed by atoms with Crippen LogP contribution in [0.3, 0.4) is 0 Å². The molecule has 0 aromatic carbocycles. The van der Waals surface area contributed by atoms with Gasteiger partial charge in [0.25, 0.3) is 0 Å². The number of ether oxygens (including phenoxy) is 1. The Morgan fingerprint density at radius 3 is 2.52 bits per heavy atom. The lowest BCUT2D eigenvalue weighted by Gasteiger charge is -2.18. The van der Waals surface area contributed by atoms with Gasteiger partial charge in [-0.05, 0) is 39.3 Å². The number of hydrogen-bond acceptors (Lipinski definition) is 5. The van der Waals surface area contributed by atoms with Crippen molar-refractivity contribution < 1.29 is 4.74 Å². The molecule has 21 heavy (non-hydrogen) atoms.